The molecule has 0 amide bonds. The van der Waals surface area contributed by atoms with Crippen LogP contribution in [-0.2, 0) is 6.42 Å². The molecule has 1 aromatic rings. The third-order valence-corrected chi connectivity index (χ3v) is 2.67. The quantitative estimate of drug-likeness (QED) is 0.737. The lowest BCUT2D eigenvalue weighted by atomic mass is 9.95. The average molecular weight is 191 g/mol. The fourth-order valence-electron chi connectivity index (χ4n) is 1.93. The normalized spacial score (nSPS) is 20.4. The molecule has 0 aromatic heterocycles. The van der Waals surface area contributed by atoms with Crippen LogP contribution in [0.3, 0.4) is 0 Å². The molecule has 0 radical (unpaired) electrons. The Kier molecular flexibility index (Phi) is 2.46. The van der Waals surface area contributed by atoms with Crippen LogP contribution in [0.2, 0.25) is 0 Å². The van der Waals surface area contributed by atoms with Gasteiger partial charge in [-0.15, -0.1) is 0 Å². The van der Waals surface area contributed by atoms with E-state index in [1.54, 1.807) is 0 Å². The molecule has 2 nitrogen and oxygen atoms in total. The van der Waals surface area contributed by atoms with E-state index < -0.39 is 0 Å². The SMILES string of the molecule is CC(C)c1cccc2c1OCC(N)C2. The first kappa shape index (κ1) is 9.53. The molecule has 76 valence electrons. The number of benzene rings is 1. The van der Waals surface area contributed by atoms with Gasteiger partial charge in [0.15, 0.2) is 0 Å². The van der Waals surface area contributed by atoms with Gasteiger partial charge in [0.05, 0.1) is 0 Å². The van der Waals surface area contributed by atoms with E-state index in [0.717, 1.165) is 12.2 Å². The molecule has 0 spiro atoms. The first-order valence-corrected chi connectivity index (χ1v) is 5.18. The van der Waals surface area contributed by atoms with Gasteiger partial charge >= 0.3 is 0 Å². The highest BCUT2D eigenvalue weighted by molar-refractivity contribution is 5.44. The molecule has 0 saturated heterocycles. The lowest BCUT2D eigenvalue weighted by Crippen LogP contribution is -2.34. The maximum atomic E-state index is 5.85. The average Bonchev–Trinajstić information content (AvgIpc) is 2.16. The van der Waals surface area contributed by atoms with Crippen molar-refractivity contribution in [2.45, 2.75) is 32.2 Å². The lowest BCUT2D eigenvalue weighted by molar-refractivity contribution is 0.260. The Morgan fingerprint density at radius 1 is 1.43 bits per heavy atom. The summed E-state index contributed by atoms with van der Waals surface area (Å²) < 4.78 is 5.70. The molecule has 1 atom stereocenters. The molecular formula is C12H17NO. The van der Waals surface area contributed by atoms with Gasteiger partial charge in [-0.25, -0.2) is 0 Å². The minimum atomic E-state index is 0.157. The molecule has 2 heteroatoms. The molecule has 0 saturated carbocycles. The third-order valence-electron chi connectivity index (χ3n) is 2.67. The zero-order valence-corrected chi connectivity index (χ0v) is 8.79. The number of hydrogen-bond acceptors (Lipinski definition) is 2. The second-order valence-corrected chi connectivity index (χ2v) is 4.27. The van der Waals surface area contributed by atoms with Crippen LogP contribution in [0.15, 0.2) is 18.2 Å². The van der Waals surface area contributed by atoms with Crippen molar-refractivity contribution in [2.75, 3.05) is 6.61 Å². The Labute approximate surface area is 85.1 Å². The lowest BCUT2D eigenvalue weighted by Gasteiger charge is -2.25. The topological polar surface area (TPSA) is 35.2 Å². The number of fused-ring (bicyclic) bond motifs is 1. The predicted molar refractivity (Wildman–Crippen MR) is 57.7 cm³/mol. The van der Waals surface area contributed by atoms with Gasteiger partial charge in [0, 0.05) is 6.04 Å². The van der Waals surface area contributed by atoms with Crippen molar-refractivity contribution in [3.63, 3.8) is 0 Å². The van der Waals surface area contributed by atoms with Crippen molar-refractivity contribution in [3.8, 4) is 5.75 Å². The number of hydrogen-bond donors (Lipinski definition) is 1. The summed E-state index contributed by atoms with van der Waals surface area (Å²) in [5.74, 6) is 1.59. The Balaban J connectivity index is 2.41. The van der Waals surface area contributed by atoms with Gasteiger partial charge in [-0.2, -0.15) is 0 Å². The van der Waals surface area contributed by atoms with Crippen LogP contribution in [0.4, 0.5) is 0 Å². The monoisotopic (exact) mass is 191 g/mol. The van der Waals surface area contributed by atoms with Crippen molar-refractivity contribution >= 4 is 0 Å². The Morgan fingerprint density at radius 3 is 2.93 bits per heavy atom. The Morgan fingerprint density at radius 2 is 2.21 bits per heavy atom. The Hall–Kier alpha value is -1.02. The zero-order valence-electron chi connectivity index (χ0n) is 8.79. The Bertz CT molecular complexity index is 333. The molecule has 14 heavy (non-hydrogen) atoms. The first-order valence-electron chi connectivity index (χ1n) is 5.18. The molecule has 0 bridgehead atoms. The van der Waals surface area contributed by atoms with Crippen LogP contribution in [0.25, 0.3) is 0 Å². The van der Waals surface area contributed by atoms with E-state index in [9.17, 15) is 0 Å². The minimum Gasteiger partial charge on any atom is -0.491 e. The second kappa shape index (κ2) is 3.62. The van der Waals surface area contributed by atoms with Crippen molar-refractivity contribution in [3.05, 3.63) is 29.3 Å². The summed E-state index contributed by atoms with van der Waals surface area (Å²) in [6.45, 7) is 5.03. The van der Waals surface area contributed by atoms with Gasteiger partial charge in [0.2, 0.25) is 0 Å². The van der Waals surface area contributed by atoms with Gasteiger partial charge in [-0.05, 0) is 23.5 Å². The number of nitrogens with two attached hydrogens (primary N) is 1. The number of rotatable bonds is 1. The summed E-state index contributed by atoms with van der Waals surface area (Å²) in [6.07, 6.45) is 0.940. The number of ether oxygens (including phenoxy) is 1. The van der Waals surface area contributed by atoms with Crippen LogP contribution in [0, 0.1) is 0 Å². The van der Waals surface area contributed by atoms with Gasteiger partial charge in [-0.1, -0.05) is 32.0 Å². The van der Waals surface area contributed by atoms with Gasteiger partial charge < -0.3 is 10.5 Å². The van der Waals surface area contributed by atoms with Crippen LogP contribution < -0.4 is 10.5 Å². The van der Waals surface area contributed by atoms with E-state index in [1.807, 2.05) is 0 Å². The van der Waals surface area contributed by atoms with E-state index in [4.69, 9.17) is 10.5 Å². The van der Waals surface area contributed by atoms with E-state index in [2.05, 4.69) is 32.0 Å². The first-order chi connectivity index (χ1) is 6.68. The van der Waals surface area contributed by atoms with Crippen molar-refractivity contribution in [1.29, 1.82) is 0 Å². The highest BCUT2D eigenvalue weighted by Gasteiger charge is 2.19. The van der Waals surface area contributed by atoms with E-state index in [1.165, 1.54) is 11.1 Å². The van der Waals surface area contributed by atoms with Gasteiger partial charge in [0.1, 0.15) is 12.4 Å². The molecule has 0 fully saturated rings. The van der Waals surface area contributed by atoms with Crippen molar-refractivity contribution < 1.29 is 4.74 Å². The fourth-order valence-corrected chi connectivity index (χ4v) is 1.93. The minimum absolute atomic E-state index is 0.157. The highest BCUT2D eigenvalue weighted by Crippen LogP contribution is 2.32. The van der Waals surface area contributed by atoms with Crippen molar-refractivity contribution in [1.82, 2.24) is 0 Å². The number of para-hydroxylation sites is 1. The van der Waals surface area contributed by atoms with Crippen molar-refractivity contribution in [2.24, 2.45) is 5.73 Å². The maximum absolute atomic E-state index is 5.85. The van der Waals surface area contributed by atoms with E-state index in [0.29, 0.717) is 12.5 Å². The standard InChI is InChI=1S/C12H17NO/c1-8(2)11-5-3-4-9-6-10(13)7-14-12(9)11/h3-5,8,10H,6-7,13H2,1-2H3. The van der Waals surface area contributed by atoms with Crippen LogP contribution in [0.5, 0.6) is 5.75 Å². The van der Waals surface area contributed by atoms with E-state index in [-0.39, 0.29) is 6.04 Å². The third kappa shape index (κ3) is 1.62. The highest BCUT2D eigenvalue weighted by atomic mass is 16.5. The fraction of sp³-hybridized carbons (Fsp3) is 0.500. The molecule has 1 aliphatic rings. The van der Waals surface area contributed by atoms with Crippen LogP contribution in [-0.4, -0.2) is 12.6 Å². The molecule has 1 aliphatic heterocycles. The smallest absolute Gasteiger partial charge is 0.126 e. The predicted octanol–water partition coefficient (Wildman–Crippen LogP) is 2.07. The second-order valence-electron chi connectivity index (χ2n) is 4.27. The summed E-state index contributed by atoms with van der Waals surface area (Å²) in [4.78, 5) is 0. The molecule has 1 heterocycles. The van der Waals surface area contributed by atoms with Gasteiger partial charge in [-0.3, -0.25) is 0 Å². The van der Waals surface area contributed by atoms with E-state index >= 15 is 0 Å². The van der Waals surface area contributed by atoms with Gasteiger partial charge in [0.25, 0.3) is 0 Å². The van der Waals surface area contributed by atoms with Crippen LogP contribution in [0.1, 0.15) is 30.9 Å². The molecule has 1 aromatic carbocycles. The molecular weight excluding hydrogens is 174 g/mol. The summed E-state index contributed by atoms with van der Waals surface area (Å²) in [6, 6.07) is 6.50. The summed E-state index contributed by atoms with van der Waals surface area (Å²) >= 11 is 0. The largest absolute Gasteiger partial charge is 0.491 e. The summed E-state index contributed by atoms with van der Waals surface area (Å²) in [5.41, 5.74) is 8.41. The molecule has 1 unspecified atom stereocenters. The zero-order chi connectivity index (χ0) is 10.1. The molecule has 2 N–H and O–H groups in total. The molecule has 0 aliphatic carbocycles. The molecule has 2 rings (SSSR count). The summed E-state index contributed by atoms with van der Waals surface area (Å²) in [7, 11) is 0. The summed E-state index contributed by atoms with van der Waals surface area (Å²) in [5, 5.41) is 0. The van der Waals surface area contributed by atoms with Crippen LogP contribution >= 0.6 is 0 Å². The maximum Gasteiger partial charge on any atom is 0.126 e.